The zero-order valence-electron chi connectivity index (χ0n) is 21.2. The van der Waals surface area contributed by atoms with Gasteiger partial charge in [-0.3, -0.25) is 24.1 Å². The number of carboxylic acids is 1. The van der Waals surface area contributed by atoms with E-state index in [1.165, 1.54) is 28.7 Å². The Morgan fingerprint density at radius 2 is 1.31 bits per heavy atom. The van der Waals surface area contributed by atoms with Crippen LogP contribution >= 0.6 is 21.6 Å². The van der Waals surface area contributed by atoms with Crippen molar-refractivity contribution >= 4 is 45.1 Å². The molecule has 2 aromatic rings. The van der Waals surface area contributed by atoms with Crippen LogP contribution in [0.2, 0.25) is 0 Å². The molecular weight excluding hydrogens is 540 g/mol. The second kappa shape index (κ2) is 16.3. The van der Waals surface area contributed by atoms with Crippen LogP contribution in [-0.4, -0.2) is 77.3 Å². The van der Waals surface area contributed by atoms with Crippen molar-refractivity contribution in [2.24, 2.45) is 5.73 Å². The molecule has 0 aliphatic carbocycles. The molecule has 0 heterocycles. The largest absolute Gasteiger partial charge is 0.480 e. The predicted molar refractivity (Wildman–Crippen MR) is 148 cm³/mol. The number of hydrogen-bond acceptors (Lipinski definition) is 11. The van der Waals surface area contributed by atoms with E-state index in [0.717, 1.165) is 0 Å². The van der Waals surface area contributed by atoms with Crippen molar-refractivity contribution in [2.75, 3.05) is 31.7 Å². The maximum absolute atomic E-state index is 12.8. The second-order valence-electron chi connectivity index (χ2n) is 8.31. The molecule has 0 aromatic heterocycles. The third kappa shape index (κ3) is 10.2. The summed E-state index contributed by atoms with van der Waals surface area (Å²) < 4.78 is 4.99. The number of nitriles is 2. The lowest BCUT2D eigenvalue weighted by molar-refractivity contribution is -0.146. The molecular formula is C27H28N4O6S2. The van der Waals surface area contributed by atoms with E-state index in [1.54, 1.807) is 53.4 Å². The second-order valence-corrected chi connectivity index (χ2v) is 10.9. The van der Waals surface area contributed by atoms with Crippen LogP contribution in [0.25, 0.3) is 0 Å². The number of Topliss-reactive ketones (excluding diaryl/α,β-unsaturated/α-hetero) is 2. The van der Waals surface area contributed by atoms with Crippen molar-refractivity contribution in [1.82, 2.24) is 4.90 Å². The first-order valence-corrected chi connectivity index (χ1v) is 14.3. The van der Waals surface area contributed by atoms with Gasteiger partial charge in [-0.1, -0.05) is 45.9 Å². The van der Waals surface area contributed by atoms with Crippen LogP contribution in [0.1, 0.15) is 44.7 Å². The number of carbonyl (C=O) groups is 4. The molecule has 2 rings (SSSR count). The van der Waals surface area contributed by atoms with Gasteiger partial charge in [-0.15, -0.1) is 0 Å². The normalized spacial score (nSPS) is 12.1. The van der Waals surface area contributed by atoms with Gasteiger partial charge < -0.3 is 15.6 Å². The molecule has 0 saturated heterocycles. The molecule has 2 atom stereocenters. The number of aliphatic carboxylic acids is 1. The van der Waals surface area contributed by atoms with Gasteiger partial charge in [0.25, 0.3) is 0 Å². The van der Waals surface area contributed by atoms with Crippen LogP contribution in [0.15, 0.2) is 48.5 Å². The predicted octanol–water partition coefficient (Wildman–Crippen LogP) is 2.91. The molecule has 39 heavy (non-hydrogen) atoms. The molecule has 0 aliphatic rings. The maximum Gasteiger partial charge on any atom is 0.323 e. The molecule has 0 bridgehead atoms. The van der Waals surface area contributed by atoms with Crippen molar-refractivity contribution in [2.45, 2.75) is 24.9 Å². The topological polar surface area (TPSA) is 175 Å². The van der Waals surface area contributed by atoms with Gasteiger partial charge in [-0.05, 0) is 24.3 Å². The van der Waals surface area contributed by atoms with Crippen LogP contribution < -0.4 is 5.73 Å². The van der Waals surface area contributed by atoms with E-state index in [4.69, 9.17) is 26.1 Å². The highest BCUT2D eigenvalue weighted by Crippen LogP contribution is 2.25. The number of carbonyl (C=O) groups excluding carboxylic acids is 3. The number of methoxy groups -OCH3 is 1. The molecule has 0 amide bonds. The highest BCUT2D eigenvalue weighted by molar-refractivity contribution is 8.76. The third-order valence-electron chi connectivity index (χ3n) is 5.71. The minimum atomic E-state index is -1.13. The number of hydrogen-bond donors (Lipinski definition) is 2. The summed E-state index contributed by atoms with van der Waals surface area (Å²) in [5.41, 5.74) is 7.24. The first kappa shape index (κ1) is 31.5. The Labute approximate surface area is 234 Å². The fourth-order valence-corrected chi connectivity index (χ4v) is 5.79. The third-order valence-corrected chi connectivity index (χ3v) is 8.14. The Balaban J connectivity index is 2.15. The van der Waals surface area contributed by atoms with Gasteiger partial charge >= 0.3 is 11.9 Å². The quantitative estimate of drug-likeness (QED) is 0.131. The monoisotopic (exact) mass is 568 g/mol. The van der Waals surface area contributed by atoms with Crippen LogP contribution in [0.5, 0.6) is 0 Å². The average molecular weight is 569 g/mol. The fourth-order valence-electron chi connectivity index (χ4n) is 3.43. The first-order chi connectivity index (χ1) is 18.7. The number of ether oxygens (including phenoxy) is 1. The summed E-state index contributed by atoms with van der Waals surface area (Å²) >= 11 is 0. The zero-order chi connectivity index (χ0) is 28.8. The van der Waals surface area contributed by atoms with Crippen molar-refractivity contribution in [3.05, 3.63) is 70.8 Å². The Bertz CT molecular complexity index is 1170. The molecule has 0 radical (unpaired) electrons. The summed E-state index contributed by atoms with van der Waals surface area (Å²) in [6.07, 6.45) is 0.0955. The van der Waals surface area contributed by atoms with Crippen LogP contribution in [0, 0.1) is 22.7 Å². The average Bonchev–Trinajstić information content (AvgIpc) is 2.96. The smallest absolute Gasteiger partial charge is 0.323 e. The number of ketones is 2. The van der Waals surface area contributed by atoms with Gasteiger partial charge in [-0.2, -0.15) is 10.5 Å². The molecule has 0 spiro atoms. The summed E-state index contributed by atoms with van der Waals surface area (Å²) in [6, 6.07) is 14.6. The minimum Gasteiger partial charge on any atom is -0.480 e. The lowest BCUT2D eigenvalue weighted by atomic mass is 10.0. The molecule has 0 aliphatic heterocycles. The van der Waals surface area contributed by atoms with E-state index in [1.807, 2.05) is 12.1 Å². The van der Waals surface area contributed by atoms with Crippen molar-refractivity contribution in [3.63, 3.8) is 0 Å². The Morgan fingerprint density at radius 3 is 1.69 bits per heavy atom. The number of nitrogens with two attached hydrogens (primary N) is 1. The molecule has 2 aromatic carbocycles. The number of rotatable bonds is 16. The standard InChI is InChI=1S/C27H28N4O6S2/c1-37-27(36)23(17-39-38-16-22(30)26(34)35)31(12-10-24(32)20-6-2-18(14-28)3-7-20)13-11-25(33)21-8-4-19(15-29)5-9-21/h2-9,22-23H,10-13,16-17,30H2,1H3,(H,34,35)/t22?,23-/m0/s1. The van der Waals surface area contributed by atoms with Gasteiger partial charge in [0.15, 0.2) is 11.6 Å². The van der Waals surface area contributed by atoms with Gasteiger partial charge in [0.05, 0.1) is 30.4 Å². The number of benzene rings is 2. The lowest BCUT2D eigenvalue weighted by Crippen LogP contribution is -2.45. The number of esters is 1. The summed E-state index contributed by atoms with van der Waals surface area (Å²) in [6.45, 7) is 0.304. The Morgan fingerprint density at radius 1 is 0.872 bits per heavy atom. The first-order valence-electron chi connectivity index (χ1n) is 11.8. The van der Waals surface area contributed by atoms with Crippen LogP contribution in [0.3, 0.4) is 0 Å². The number of carboxylic acid groups (broad SMARTS) is 1. The molecule has 0 fully saturated rings. The molecule has 204 valence electrons. The Hall–Kier alpha value is -3.68. The zero-order valence-corrected chi connectivity index (χ0v) is 22.9. The van der Waals surface area contributed by atoms with Gasteiger partial charge in [0.2, 0.25) is 0 Å². The molecule has 3 N–H and O–H groups in total. The summed E-state index contributed by atoms with van der Waals surface area (Å²) in [5, 5.41) is 26.9. The fraction of sp³-hybridized carbons (Fsp3) is 0.333. The van der Waals surface area contributed by atoms with Crippen molar-refractivity contribution in [1.29, 1.82) is 10.5 Å². The molecule has 1 unspecified atom stereocenters. The van der Waals surface area contributed by atoms with Crippen molar-refractivity contribution < 1.29 is 29.0 Å². The molecule has 10 nitrogen and oxygen atoms in total. The summed E-state index contributed by atoms with van der Waals surface area (Å²) in [5.74, 6) is -1.73. The number of nitrogens with zero attached hydrogens (tertiary/aromatic N) is 3. The van der Waals surface area contributed by atoms with E-state index in [-0.39, 0.29) is 49.0 Å². The Kier molecular flexibility index (Phi) is 13.2. The summed E-state index contributed by atoms with van der Waals surface area (Å²) in [7, 11) is 3.70. The van der Waals surface area contributed by atoms with E-state index in [9.17, 15) is 19.2 Å². The van der Waals surface area contributed by atoms with Crippen LogP contribution in [-0.2, 0) is 14.3 Å². The summed E-state index contributed by atoms with van der Waals surface area (Å²) in [4.78, 5) is 51.1. The van der Waals surface area contributed by atoms with Gasteiger partial charge in [0, 0.05) is 48.6 Å². The molecule has 12 heteroatoms. The van der Waals surface area contributed by atoms with Crippen molar-refractivity contribution in [3.8, 4) is 12.1 Å². The van der Waals surface area contributed by atoms with E-state index in [2.05, 4.69) is 0 Å². The maximum atomic E-state index is 12.8. The van der Waals surface area contributed by atoms with E-state index < -0.39 is 24.0 Å². The highest BCUT2D eigenvalue weighted by atomic mass is 33.1. The molecule has 0 saturated carbocycles. The van der Waals surface area contributed by atoms with E-state index >= 15 is 0 Å². The minimum absolute atomic E-state index is 0.0478. The SMILES string of the molecule is COC(=O)[C@H](CSSCC(N)C(=O)O)N(CCC(=O)c1ccc(C#N)cc1)CCC(=O)c1ccc(C#N)cc1. The van der Waals surface area contributed by atoms with E-state index in [0.29, 0.717) is 22.3 Å². The van der Waals surface area contributed by atoms with Gasteiger partial charge in [0.1, 0.15) is 12.1 Å². The van der Waals surface area contributed by atoms with Crippen LogP contribution in [0.4, 0.5) is 0 Å². The lowest BCUT2D eigenvalue weighted by Gasteiger charge is -2.29. The van der Waals surface area contributed by atoms with Gasteiger partial charge in [-0.25, -0.2) is 0 Å². The highest BCUT2D eigenvalue weighted by Gasteiger charge is 2.28.